The standard InChI is InChI=1S/C10H23NS/c1-7(2)10(11-6)9(5)12-8(3)4/h7-11H,1-6H3. The van der Waals surface area contributed by atoms with Crippen LogP contribution in [0.25, 0.3) is 0 Å². The summed E-state index contributed by atoms with van der Waals surface area (Å²) in [6.07, 6.45) is 0. The number of nitrogens with one attached hydrogen (secondary N) is 1. The van der Waals surface area contributed by atoms with Gasteiger partial charge in [0.1, 0.15) is 0 Å². The molecule has 0 radical (unpaired) electrons. The SMILES string of the molecule is CNC(C(C)C)C(C)SC(C)C. The van der Waals surface area contributed by atoms with Crippen LogP contribution < -0.4 is 5.32 Å². The topological polar surface area (TPSA) is 12.0 Å². The first kappa shape index (κ1) is 12.3. The first-order chi connectivity index (χ1) is 5.49. The summed E-state index contributed by atoms with van der Waals surface area (Å²) in [5.41, 5.74) is 0. The quantitative estimate of drug-likeness (QED) is 0.714. The lowest BCUT2D eigenvalue weighted by atomic mass is 10.0. The summed E-state index contributed by atoms with van der Waals surface area (Å²) in [5, 5.41) is 4.82. The molecule has 0 heterocycles. The van der Waals surface area contributed by atoms with Crippen LogP contribution in [0.15, 0.2) is 0 Å². The minimum absolute atomic E-state index is 0.636. The number of hydrogen-bond donors (Lipinski definition) is 1. The van der Waals surface area contributed by atoms with Crippen LogP contribution in [0.3, 0.4) is 0 Å². The number of thioether (sulfide) groups is 1. The van der Waals surface area contributed by atoms with E-state index < -0.39 is 0 Å². The Hall–Kier alpha value is 0.310. The van der Waals surface area contributed by atoms with E-state index in [2.05, 4.69) is 58.7 Å². The maximum atomic E-state index is 3.39. The van der Waals surface area contributed by atoms with Crippen molar-refractivity contribution in [2.75, 3.05) is 7.05 Å². The van der Waals surface area contributed by atoms with E-state index in [1.165, 1.54) is 0 Å². The van der Waals surface area contributed by atoms with E-state index in [0.29, 0.717) is 11.3 Å². The predicted molar refractivity (Wildman–Crippen MR) is 59.9 cm³/mol. The second-order valence-corrected chi connectivity index (χ2v) is 5.91. The van der Waals surface area contributed by atoms with E-state index >= 15 is 0 Å². The van der Waals surface area contributed by atoms with Gasteiger partial charge in [0.15, 0.2) is 0 Å². The fraction of sp³-hybridized carbons (Fsp3) is 1.00. The zero-order valence-electron chi connectivity index (χ0n) is 9.22. The molecule has 2 atom stereocenters. The molecule has 0 aliphatic carbocycles. The Labute approximate surface area is 81.7 Å². The molecular formula is C10H23NS. The molecule has 2 heteroatoms. The van der Waals surface area contributed by atoms with Gasteiger partial charge in [-0.1, -0.05) is 34.6 Å². The van der Waals surface area contributed by atoms with E-state index in [-0.39, 0.29) is 0 Å². The van der Waals surface area contributed by atoms with Crippen LogP contribution >= 0.6 is 11.8 Å². The van der Waals surface area contributed by atoms with Crippen LogP contribution in [-0.4, -0.2) is 23.6 Å². The third kappa shape index (κ3) is 4.36. The van der Waals surface area contributed by atoms with E-state index in [1.54, 1.807) is 0 Å². The smallest absolute Gasteiger partial charge is 0.0203 e. The minimum atomic E-state index is 0.636. The summed E-state index contributed by atoms with van der Waals surface area (Å²) < 4.78 is 0. The lowest BCUT2D eigenvalue weighted by Gasteiger charge is -2.27. The fourth-order valence-corrected chi connectivity index (χ4v) is 3.10. The molecule has 1 N–H and O–H groups in total. The molecule has 0 aromatic carbocycles. The minimum Gasteiger partial charge on any atom is -0.316 e. The van der Waals surface area contributed by atoms with Gasteiger partial charge in [0.2, 0.25) is 0 Å². The summed E-state index contributed by atoms with van der Waals surface area (Å²) in [5.74, 6) is 0.719. The fourth-order valence-electron chi connectivity index (χ4n) is 1.62. The van der Waals surface area contributed by atoms with Gasteiger partial charge < -0.3 is 5.32 Å². The maximum Gasteiger partial charge on any atom is 0.0203 e. The van der Waals surface area contributed by atoms with Crippen molar-refractivity contribution in [3.63, 3.8) is 0 Å². The van der Waals surface area contributed by atoms with Crippen LogP contribution in [0, 0.1) is 5.92 Å². The highest BCUT2D eigenvalue weighted by Crippen LogP contribution is 2.23. The number of hydrogen-bond acceptors (Lipinski definition) is 2. The van der Waals surface area contributed by atoms with E-state index in [4.69, 9.17) is 0 Å². The molecule has 0 aliphatic heterocycles. The van der Waals surface area contributed by atoms with Gasteiger partial charge in [-0.25, -0.2) is 0 Å². The summed E-state index contributed by atoms with van der Waals surface area (Å²) in [6, 6.07) is 0.636. The van der Waals surface area contributed by atoms with Crippen molar-refractivity contribution in [1.82, 2.24) is 5.32 Å². The van der Waals surface area contributed by atoms with Crippen molar-refractivity contribution in [2.24, 2.45) is 5.92 Å². The highest BCUT2D eigenvalue weighted by Gasteiger charge is 2.19. The third-order valence-electron chi connectivity index (χ3n) is 2.04. The Balaban J connectivity index is 3.94. The van der Waals surface area contributed by atoms with Crippen molar-refractivity contribution in [1.29, 1.82) is 0 Å². The van der Waals surface area contributed by atoms with E-state index in [0.717, 1.165) is 11.2 Å². The molecule has 0 aliphatic rings. The van der Waals surface area contributed by atoms with Gasteiger partial charge in [-0.05, 0) is 18.2 Å². The predicted octanol–water partition coefficient (Wildman–Crippen LogP) is 2.76. The molecule has 0 fully saturated rings. The Morgan fingerprint density at radius 2 is 1.50 bits per heavy atom. The van der Waals surface area contributed by atoms with Crippen molar-refractivity contribution >= 4 is 11.8 Å². The molecule has 2 unspecified atom stereocenters. The van der Waals surface area contributed by atoms with Crippen molar-refractivity contribution in [2.45, 2.75) is 51.2 Å². The van der Waals surface area contributed by atoms with Crippen LogP contribution in [0.4, 0.5) is 0 Å². The molecular weight excluding hydrogens is 166 g/mol. The summed E-state index contributed by atoms with van der Waals surface area (Å²) in [6.45, 7) is 11.4. The van der Waals surface area contributed by atoms with Crippen molar-refractivity contribution < 1.29 is 0 Å². The molecule has 0 saturated carbocycles. The van der Waals surface area contributed by atoms with Gasteiger partial charge in [-0.3, -0.25) is 0 Å². The average molecular weight is 189 g/mol. The lowest BCUT2D eigenvalue weighted by molar-refractivity contribution is 0.424. The van der Waals surface area contributed by atoms with Gasteiger partial charge in [0.05, 0.1) is 0 Å². The zero-order valence-corrected chi connectivity index (χ0v) is 10.0. The molecule has 0 amide bonds. The Bertz CT molecular complexity index is 112. The summed E-state index contributed by atoms with van der Waals surface area (Å²) >= 11 is 2.05. The van der Waals surface area contributed by atoms with Crippen LogP contribution in [0.2, 0.25) is 0 Å². The Morgan fingerprint density at radius 3 is 1.75 bits per heavy atom. The molecule has 0 aromatic rings. The summed E-state index contributed by atoms with van der Waals surface area (Å²) in [4.78, 5) is 0. The molecule has 0 bridgehead atoms. The summed E-state index contributed by atoms with van der Waals surface area (Å²) in [7, 11) is 2.06. The second-order valence-electron chi connectivity index (χ2n) is 3.95. The Morgan fingerprint density at radius 1 is 1.00 bits per heavy atom. The van der Waals surface area contributed by atoms with Gasteiger partial charge >= 0.3 is 0 Å². The average Bonchev–Trinajstić information content (AvgIpc) is 1.85. The van der Waals surface area contributed by atoms with Crippen LogP contribution in [0.5, 0.6) is 0 Å². The van der Waals surface area contributed by atoms with Gasteiger partial charge in [-0.2, -0.15) is 11.8 Å². The van der Waals surface area contributed by atoms with Gasteiger partial charge in [0.25, 0.3) is 0 Å². The third-order valence-corrected chi connectivity index (χ3v) is 3.31. The maximum absolute atomic E-state index is 3.39. The lowest BCUT2D eigenvalue weighted by Crippen LogP contribution is -2.39. The normalized spacial score (nSPS) is 17.0. The first-order valence-corrected chi connectivity index (χ1v) is 5.76. The van der Waals surface area contributed by atoms with Gasteiger partial charge in [0, 0.05) is 11.3 Å². The van der Waals surface area contributed by atoms with Crippen LogP contribution in [0.1, 0.15) is 34.6 Å². The molecule has 0 spiro atoms. The molecule has 12 heavy (non-hydrogen) atoms. The largest absolute Gasteiger partial charge is 0.316 e. The van der Waals surface area contributed by atoms with Crippen molar-refractivity contribution in [3.8, 4) is 0 Å². The molecule has 74 valence electrons. The molecule has 0 aromatic heterocycles. The van der Waals surface area contributed by atoms with Crippen molar-refractivity contribution in [3.05, 3.63) is 0 Å². The van der Waals surface area contributed by atoms with E-state index in [9.17, 15) is 0 Å². The first-order valence-electron chi connectivity index (χ1n) is 4.81. The van der Waals surface area contributed by atoms with Gasteiger partial charge in [-0.15, -0.1) is 0 Å². The molecule has 0 saturated heterocycles. The monoisotopic (exact) mass is 189 g/mol. The Kier molecular flexibility index (Phi) is 6.02. The highest BCUT2D eigenvalue weighted by molar-refractivity contribution is 8.00. The zero-order chi connectivity index (χ0) is 9.72. The number of rotatable bonds is 5. The molecule has 1 nitrogen and oxygen atoms in total. The second kappa shape index (κ2) is 5.87. The van der Waals surface area contributed by atoms with Crippen LogP contribution in [-0.2, 0) is 0 Å². The van der Waals surface area contributed by atoms with E-state index in [1.807, 2.05) is 0 Å². The highest BCUT2D eigenvalue weighted by atomic mass is 32.2. The molecule has 0 rings (SSSR count).